The number of aliphatic carboxylic acids is 1. The molecular weight excluding hydrogens is 222 g/mol. The quantitative estimate of drug-likeness (QED) is 0.718. The lowest BCUT2D eigenvalue weighted by atomic mass is 10.2. The van der Waals surface area contributed by atoms with E-state index >= 15 is 0 Å². The minimum atomic E-state index is -0.870. The van der Waals surface area contributed by atoms with Crippen LogP contribution in [0.5, 0.6) is 0 Å². The largest absolute Gasteiger partial charge is 0.481 e. The maximum atomic E-state index is 11.3. The van der Waals surface area contributed by atoms with E-state index in [1.807, 2.05) is 17.8 Å². The molecule has 0 unspecified atom stereocenters. The molecule has 1 aromatic rings. The molecule has 2 N–H and O–H groups in total. The van der Waals surface area contributed by atoms with Gasteiger partial charge in [0.05, 0.1) is 0 Å². The molecule has 0 aromatic carbocycles. The Labute approximate surface area is 99.7 Å². The van der Waals surface area contributed by atoms with E-state index in [4.69, 9.17) is 5.11 Å². The van der Waals surface area contributed by atoms with Crippen molar-refractivity contribution < 1.29 is 14.7 Å². The fourth-order valence-corrected chi connectivity index (χ4v) is 1.44. The van der Waals surface area contributed by atoms with Gasteiger partial charge in [0.25, 0.3) is 0 Å². The van der Waals surface area contributed by atoms with Crippen LogP contribution in [0.1, 0.15) is 25.1 Å². The fraction of sp³-hybridized carbons (Fsp3) is 0.545. The topological polar surface area (TPSA) is 84.2 Å². The molecular formula is C11H17N3O3. The number of rotatable bonds is 7. The summed E-state index contributed by atoms with van der Waals surface area (Å²) in [7, 11) is 1.90. The minimum Gasteiger partial charge on any atom is -0.481 e. The molecule has 0 aliphatic heterocycles. The van der Waals surface area contributed by atoms with Crippen molar-refractivity contribution in [2.45, 2.75) is 25.7 Å². The Hall–Kier alpha value is -1.85. The maximum Gasteiger partial charge on any atom is 0.303 e. The third-order valence-electron chi connectivity index (χ3n) is 2.39. The average Bonchev–Trinajstić information content (AvgIpc) is 2.64. The van der Waals surface area contributed by atoms with Crippen LogP contribution in [0.25, 0.3) is 0 Å². The van der Waals surface area contributed by atoms with E-state index in [1.165, 1.54) is 0 Å². The Morgan fingerprint density at radius 2 is 2.24 bits per heavy atom. The number of nitrogens with zero attached hydrogens (tertiary/aromatic N) is 2. The van der Waals surface area contributed by atoms with Gasteiger partial charge in [0.15, 0.2) is 0 Å². The van der Waals surface area contributed by atoms with Crippen LogP contribution in [0.2, 0.25) is 0 Å². The molecule has 1 amide bonds. The smallest absolute Gasteiger partial charge is 0.303 e. The number of nitrogens with one attached hydrogen (secondary N) is 1. The summed E-state index contributed by atoms with van der Waals surface area (Å²) in [5.74, 6) is -0.0675. The van der Waals surface area contributed by atoms with Crippen LogP contribution in [-0.2, 0) is 23.1 Å². The second-order valence-corrected chi connectivity index (χ2v) is 3.80. The molecule has 0 fully saturated rings. The molecule has 0 atom stereocenters. The molecule has 0 saturated heterocycles. The zero-order valence-electron chi connectivity index (χ0n) is 9.85. The van der Waals surface area contributed by atoms with E-state index in [0.29, 0.717) is 19.4 Å². The lowest BCUT2D eigenvalue weighted by Gasteiger charge is -2.04. The number of aromatic nitrogens is 2. The van der Waals surface area contributed by atoms with Gasteiger partial charge >= 0.3 is 5.97 Å². The molecule has 6 heteroatoms. The Bertz CT molecular complexity index is 387. The van der Waals surface area contributed by atoms with Gasteiger partial charge in [-0.15, -0.1) is 0 Å². The number of carbonyl (C=O) groups is 2. The average molecular weight is 239 g/mol. The van der Waals surface area contributed by atoms with E-state index in [9.17, 15) is 9.59 Å². The van der Waals surface area contributed by atoms with E-state index in [-0.39, 0.29) is 18.7 Å². The van der Waals surface area contributed by atoms with Crippen LogP contribution in [0, 0.1) is 0 Å². The Balaban J connectivity index is 2.12. The molecule has 0 aliphatic carbocycles. The highest BCUT2D eigenvalue weighted by Gasteiger charge is 2.04. The normalized spacial score (nSPS) is 10.2. The zero-order chi connectivity index (χ0) is 12.7. The molecule has 0 saturated carbocycles. The van der Waals surface area contributed by atoms with E-state index in [0.717, 1.165) is 5.82 Å². The Kier molecular flexibility index (Phi) is 5.19. The van der Waals surface area contributed by atoms with Crippen LogP contribution in [-0.4, -0.2) is 33.1 Å². The zero-order valence-corrected chi connectivity index (χ0v) is 9.85. The van der Waals surface area contributed by atoms with E-state index in [1.54, 1.807) is 6.20 Å². The van der Waals surface area contributed by atoms with E-state index in [2.05, 4.69) is 10.3 Å². The molecule has 0 radical (unpaired) electrons. The van der Waals surface area contributed by atoms with Gasteiger partial charge in [0, 0.05) is 45.2 Å². The van der Waals surface area contributed by atoms with Gasteiger partial charge in [-0.05, 0) is 6.42 Å². The van der Waals surface area contributed by atoms with Crippen molar-refractivity contribution in [3.05, 3.63) is 18.2 Å². The number of aryl methyl sites for hydroxylation is 1. The lowest BCUT2D eigenvalue weighted by molar-refractivity contribution is -0.137. The van der Waals surface area contributed by atoms with Gasteiger partial charge in [0.2, 0.25) is 5.91 Å². The summed E-state index contributed by atoms with van der Waals surface area (Å²) in [4.78, 5) is 25.7. The molecule has 0 bridgehead atoms. The number of carbonyl (C=O) groups excluding carboxylic acids is 1. The summed E-state index contributed by atoms with van der Waals surface area (Å²) in [6.07, 6.45) is 4.91. The third-order valence-corrected chi connectivity index (χ3v) is 2.39. The number of imidazole rings is 1. The van der Waals surface area contributed by atoms with Crippen molar-refractivity contribution in [3.8, 4) is 0 Å². The minimum absolute atomic E-state index is 0.0345. The third kappa shape index (κ3) is 5.14. The number of amides is 1. The van der Waals surface area contributed by atoms with Crippen LogP contribution >= 0.6 is 0 Å². The van der Waals surface area contributed by atoms with Crippen molar-refractivity contribution in [2.75, 3.05) is 6.54 Å². The first-order valence-corrected chi connectivity index (χ1v) is 5.54. The van der Waals surface area contributed by atoms with Crippen LogP contribution in [0.15, 0.2) is 12.4 Å². The summed E-state index contributed by atoms with van der Waals surface area (Å²) in [6, 6.07) is 0. The summed E-state index contributed by atoms with van der Waals surface area (Å²) in [5, 5.41) is 11.2. The summed E-state index contributed by atoms with van der Waals surface area (Å²) < 4.78 is 1.90. The molecule has 0 aliphatic rings. The second kappa shape index (κ2) is 6.67. The summed E-state index contributed by atoms with van der Waals surface area (Å²) in [5.41, 5.74) is 0. The Morgan fingerprint density at radius 3 is 2.82 bits per heavy atom. The van der Waals surface area contributed by atoms with Crippen LogP contribution in [0.4, 0.5) is 0 Å². The van der Waals surface area contributed by atoms with Crippen molar-refractivity contribution in [1.82, 2.24) is 14.9 Å². The lowest BCUT2D eigenvalue weighted by Crippen LogP contribution is -2.26. The first-order valence-electron chi connectivity index (χ1n) is 5.54. The molecule has 1 rings (SSSR count). The first-order chi connectivity index (χ1) is 8.09. The van der Waals surface area contributed by atoms with Gasteiger partial charge < -0.3 is 15.0 Å². The van der Waals surface area contributed by atoms with Crippen molar-refractivity contribution >= 4 is 11.9 Å². The predicted molar refractivity (Wildman–Crippen MR) is 61.4 cm³/mol. The molecule has 1 aromatic heterocycles. The second-order valence-electron chi connectivity index (χ2n) is 3.80. The van der Waals surface area contributed by atoms with Crippen LogP contribution < -0.4 is 5.32 Å². The van der Waals surface area contributed by atoms with Crippen molar-refractivity contribution in [2.24, 2.45) is 7.05 Å². The predicted octanol–water partition coefficient (Wildman–Crippen LogP) is 0.334. The number of carboxylic acids is 1. The van der Waals surface area contributed by atoms with Gasteiger partial charge in [-0.25, -0.2) is 4.98 Å². The maximum absolute atomic E-state index is 11.3. The fourth-order valence-electron chi connectivity index (χ4n) is 1.44. The van der Waals surface area contributed by atoms with Crippen LogP contribution in [0.3, 0.4) is 0 Å². The molecule has 17 heavy (non-hydrogen) atoms. The van der Waals surface area contributed by atoms with Gasteiger partial charge in [-0.3, -0.25) is 9.59 Å². The molecule has 1 heterocycles. The molecule has 94 valence electrons. The van der Waals surface area contributed by atoms with Gasteiger partial charge in [-0.1, -0.05) is 0 Å². The number of hydrogen-bond donors (Lipinski definition) is 2. The SMILES string of the molecule is Cn1ccnc1CCNC(=O)CCCC(=O)O. The standard InChI is InChI=1S/C11H17N3O3/c1-14-8-7-12-9(14)5-6-13-10(15)3-2-4-11(16)17/h7-8H,2-6H2,1H3,(H,13,15)(H,16,17). The first kappa shape index (κ1) is 13.2. The van der Waals surface area contributed by atoms with Gasteiger partial charge in [-0.2, -0.15) is 0 Å². The van der Waals surface area contributed by atoms with Crippen molar-refractivity contribution in [3.63, 3.8) is 0 Å². The highest BCUT2D eigenvalue weighted by Crippen LogP contribution is 1.96. The van der Waals surface area contributed by atoms with Crippen molar-refractivity contribution in [1.29, 1.82) is 0 Å². The Morgan fingerprint density at radius 1 is 1.47 bits per heavy atom. The number of hydrogen-bond acceptors (Lipinski definition) is 3. The summed E-state index contributed by atoms with van der Waals surface area (Å²) >= 11 is 0. The highest BCUT2D eigenvalue weighted by molar-refractivity contribution is 5.76. The van der Waals surface area contributed by atoms with Gasteiger partial charge in [0.1, 0.15) is 5.82 Å². The monoisotopic (exact) mass is 239 g/mol. The highest BCUT2D eigenvalue weighted by atomic mass is 16.4. The molecule has 0 spiro atoms. The summed E-state index contributed by atoms with van der Waals surface area (Å²) in [6.45, 7) is 0.525. The molecule has 6 nitrogen and oxygen atoms in total. The number of carboxylic acid groups (broad SMARTS) is 1. The van der Waals surface area contributed by atoms with E-state index < -0.39 is 5.97 Å².